The Kier molecular flexibility index (Phi) is 5.54. The SMILES string of the molecule is CCCN(CC(=O)NC)c1ccc(N)cc1I. The molecule has 0 unspecified atom stereocenters. The molecule has 5 heteroatoms. The molecule has 4 nitrogen and oxygen atoms in total. The quantitative estimate of drug-likeness (QED) is 0.631. The average molecular weight is 347 g/mol. The normalized spacial score (nSPS) is 10.1. The van der Waals surface area contributed by atoms with Crippen LogP contribution in [0.15, 0.2) is 18.2 Å². The minimum Gasteiger partial charge on any atom is -0.399 e. The fraction of sp³-hybridized carbons (Fsp3) is 0.417. The van der Waals surface area contributed by atoms with Crippen molar-refractivity contribution in [2.24, 2.45) is 0 Å². The molecule has 0 bridgehead atoms. The van der Waals surface area contributed by atoms with Gasteiger partial charge in [-0.2, -0.15) is 0 Å². The number of anilines is 2. The lowest BCUT2D eigenvalue weighted by Gasteiger charge is -2.24. The van der Waals surface area contributed by atoms with E-state index in [1.165, 1.54) is 0 Å². The maximum Gasteiger partial charge on any atom is 0.239 e. The summed E-state index contributed by atoms with van der Waals surface area (Å²) in [5.74, 6) is 0.0195. The number of nitrogen functional groups attached to an aromatic ring is 1. The van der Waals surface area contributed by atoms with E-state index in [9.17, 15) is 4.79 Å². The molecule has 0 fully saturated rings. The minimum atomic E-state index is 0.0195. The van der Waals surface area contributed by atoms with Crippen LogP contribution in [-0.2, 0) is 4.79 Å². The minimum absolute atomic E-state index is 0.0195. The highest BCUT2D eigenvalue weighted by atomic mass is 127. The smallest absolute Gasteiger partial charge is 0.239 e. The average Bonchev–Trinajstić information content (AvgIpc) is 2.28. The van der Waals surface area contributed by atoms with E-state index in [0.717, 1.165) is 27.9 Å². The Hall–Kier alpha value is -0.980. The Morgan fingerprint density at radius 2 is 2.24 bits per heavy atom. The largest absolute Gasteiger partial charge is 0.399 e. The van der Waals surface area contributed by atoms with Crippen molar-refractivity contribution in [2.45, 2.75) is 13.3 Å². The summed E-state index contributed by atoms with van der Waals surface area (Å²) >= 11 is 2.25. The van der Waals surface area contributed by atoms with Crippen molar-refractivity contribution in [3.8, 4) is 0 Å². The number of rotatable bonds is 5. The lowest BCUT2D eigenvalue weighted by Crippen LogP contribution is -2.36. The van der Waals surface area contributed by atoms with Crippen LogP contribution in [-0.4, -0.2) is 26.0 Å². The third kappa shape index (κ3) is 4.07. The van der Waals surface area contributed by atoms with Gasteiger partial charge in [0.1, 0.15) is 0 Å². The van der Waals surface area contributed by atoms with Gasteiger partial charge in [0.15, 0.2) is 0 Å². The summed E-state index contributed by atoms with van der Waals surface area (Å²) in [6.07, 6.45) is 0.997. The zero-order valence-electron chi connectivity index (χ0n) is 10.2. The summed E-state index contributed by atoms with van der Waals surface area (Å²) in [6, 6.07) is 5.75. The van der Waals surface area contributed by atoms with E-state index in [2.05, 4.69) is 39.7 Å². The molecule has 17 heavy (non-hydrogen) atoms. The predicted octanol–water partition coefficient (Wildman–Crippen LogP) is 1.84. The maximum absolute atomic E-state index is 11.5. The van der Waals surface area contributed by atoms with Gasteiger partial charge in [0.2, 0.25) is 5.91 Å². The lowest BCUT2D eigenvalue weighted by atomic mass is 10.2. The zero-order valence-corrected chi connectivity index (χ0v) is 12.3. The van der Waals surface area contributed by atoms with E-state index >= 15 is 0 Å². The summed E-state index contributed by atoms with van der Waals surface area (Å²) in [7, 11) is 1.65. The Morgan fingerprint density at radius 1 is 1.53 bits per heavy atom. The van der Waals surface area contributed by atoms with E-state index in [-0.39, 0.29) is 5.91 Å². The molecule has 1 amide bonds. The molecule has 0 aliphatic heterocycles. The molecule has 0 heterocycles. The first-order chi connectivity index (χ1) is 8.08. The Balaban J connectivity index is 2.92. The Morgan fingerprint density at radius 3 is 2.76 bits per heavy atom. The van der Waals surface area contributed by atoms with Crippen molar-refractivity contribution in [2.75, 3.05) is 30.8 Å². The maximum atomic E-state index is 11.5. The van der Waals surface area contributed by atoms with E-state index in [4.69, 9.17) is 5.73 Å². The van der Waals surface area contributed by atoms with Crippen LogP contribution < -0.4 is 16.0 Å². The first kappa shape index (κ1) is 14.1. The third-order valence-corrected chi connectivity index (χ3v) is 3.28. The van der Waals surface area contributed by atoms with Crippen LogP contribution in [0, 0.1) is 3.57 Å². The number of halogens is 1. The standard InChI is InChI=1S/C12H18IN3O/c1-3-6-16(8-12(17)15-2)11-5-4-9(14)7-10(11)13/h4-5,7H,3,6,8,14H2,1-2H3,(H,15,17). The fourth-order valence-electron chi connectivity index (χ4n) is 1.59. The number of carbonyl (C=O) groups is 1. The van der Waals surface area contributed by atoms with Crippen LogP contribution >= 0.6 is 22.6 Å². The van der Waals surface area contributed by atoms with Crippen molar-refractivity contribution in [3.63, 3.8) is 0 Å². The van der Waals surface area contributed by atoms with Gasteiger partial charge in [-0.3, -0.25) is 4.79 Å². The molecule has 0 saturated carbocycles. The summed E-state index contributed by atoms with van der Waals surface area (Å²) < 4.78 is 1.07. The topological polar surface area (TPSA) is 58.4 Å². The van der Waals surface area contributed by atoms with Gasteiger partial charge in [-0.05, 0) is 47.2 Å². The van der Waals surface area contributed by atoms with E-state index in [1.807, 2.05) is 18.2 Å². The van der Waals surface area contributed by atoms with E-state index in [1.54, 1.807) is 7.05 Å². The Bertz CT molecular complexity index is 395. The molecule has 0 aliphatic carbocycles. The molecule has 0 aromatic heterocycles. The van der Waals surface area contributed by atoms with Crippen LogP contribution in [0.1, 0.15) is 13.3 Å². The number of hydrogen-bond donors (Lipinski definition) is 2. The molecular formula is C12H18IN3O. The molecule has 1 aromatic rings. The van der Waals surface area contributed by atoms with Crippen LogP contribution in [0.3, 0.4) is 0 Å². The summed E-state index contributed by atoms with van der Waals surface area (Å²) in [6.45, 7) is 3.33. The Labute approximate surface area is 116 Å². The molecule has 0 spiro atoms. The predicted molar refractivity (Wildman–Crippen MR) is 80.1 cm³/mol. The second kappa shape index (κ2) is 6.68. The third-order valence-electron chi connectivity index (χ3n) is 2.42. The highest BCUT2D eigenvalue weighted by molar-refractivity contribution is 14.1. The zero-order chi connectivity index (χ0) is 12.8. The molecule has 94 valence electrons. The molecule has 1 rings (SSSR count). The van der Waals surface area contributed by atoms with Gasteiger partial charge in [0, 0.05) is 22.8 Å². The number of nitrogens with one attached hydrogen (secondary N) is 1. The van der Waals surface area contributed by atoms with Crippen LogP contribution in [0.4, 0.5) is 11.4 Å². The number of hydrogen-bond acceptors (Lipinski definition) is 3. The van der Waals surface area contributed by atoms with Crippen molar-refractivity contribution in [1.82, 2.24) is 5.32 Å². The van der Waals surface area contributed by atoms with E-state index in [0.29, 0.717) is 6.54 Å². The molecule has 0 radical (unpaired) electrons. The number of likely N-dealkylation sites (N-methyl/N-ethyl adjacent to an activating group) is 1. The molecular weight excluding hydrogens is 329 g/mol. The van der Waals surface area contributed by atoms with Gasteiger partial charge in [0.25, 0.3) is 0 Å². The number of nitrogens with two attached hydrogens (primary N) is 1. The summed E-state index contributed by atoms with van der Waals surface area (Å²) in [4.78, 5) is 13.5. The number of carbonyl (C=O) groups excluding carboxylic acids is 1. The molecule has 0 aliphatic rings. The monoisotopic (exact) mass is 347 g/mol. The van der Waals surface area contributed by atoms with Gasteiger partial charge in [-0.15, -0.1) is 0 Å². The lowest BCUT2D eigenvalue weighted by molar-refractivity contribution is -0.119. The van der Waals surface area contributed by atoms with Crippen LogP contribution in [0.5, 0.6) is 0 Å². The first-order valence-electron chi connectivity index (χ1n) is 5.59. The number of amides is 1. The second-order valence-electron chi connectivity index (χ2n) is 3.81. The first-order valence-corrected chi connectivity index (χ1v) is 6.67. The highest BCUT2D eigenvalue weighted by Crippen LogP contribution is 2.24. The number of benzene rings is 1. The number of nitrogens with zero attached hydrogens (tertiary/aromatic N) is 1. The van der Waals surface area contributed by atoms with Crippen molar-refractivity contribution in [3.05, 3.63) is 21.8 Å². The summed E-state index contributed by atoms with van der Waals surface area (Å²) in [5, 5.41) is 2.65. The van der Waals surface area contributed by atoms with Gasteiger partial charge < -0.3 is 16.0 Å². The fourth-order valence-corrected chi connectivity index (χ4v) is 2.47. The van der Waals surface area contributed by atoms with Crippen molar-refractivity contribution in [1.29, 1.82) is 0 Å². The molecule has 0 atom stereocenters. The van der Waals surface area contributed by atoms with Gasteiger partial charge in [-0.25, -0.2) is 0 Å². The summed E-state index contributed by atoms with van der Waals surface area (Å²) in [5.41, 5.74) is 7.53. The molecule has 1 aromatic carbocycles. The molecule has 3 N–H and O–H groups in total. The van der Waals surface area contributed by atoms with Crippen molar-refractivity contribution >= 4 is 39.9 Å². The van der Waals surface area contributed by atoms with Crippen molar-refractivity contribution < 1.29 is 4.79 Å². The second-order valence-corrected chi connectivity index (χ2v) is 4.97. The van der Waals surface area contributed by atoms with Gasteiger partial charge in [0.05, 0.1) is 12.2 Å². The highest BCUT2D eigenvalue weighted by Gasteiger charge is 2.12. The van der Waals surface area contributed by atoms with Gasteiger partial charge >= 0.3 is 0 Å². The molecule has 0 saturated heterocycles. The van der Waals surface area contributed by atoms with Gasteiger partial charge in [-0.1, -0.05) is 6.92 Å². The van der Waals surface area contributed by atoms with E-state index < -0.39 is 0 Å². The van der Waals surface area contributed by atoms with Crippen LogP contribution in [0.25, 0.3) is 0 Å². The van der Waals surface area contributed by atoms with Crippen LogP contribution in [0.2, 0.25) is 0 Å².